The lowest BCUT2D eigenvalue weighted by atomic mass is 10.0. The van der Waals surface area contributed by atoms with Crippen LogP contribution in [0, 0.1) is 0 Å². The van der Waals surface area contributed by atoms with Crippen molar-refractivity contribution in [2.75, 3.05) is 6.54 Å². The summed E-state index contributed by atoms with van der Waals surface area (Å²) in [5.41, 5.74) is 1.05. The zero-order valence-corrected chi connectivity index (χ0v) is 13.7. The van der Waals surface area contributed by atoms with Crippen LogP contribution in [0.2, 0.25) is 5.02 Å². The molecule has 0 saturated carbocycles. The van der Waals surface area contributed by atoms with Gasteiger partial charge in [0.1, 0.15) is 0 Å². The molecule has 1 saturated heterocycles. The van der Waals surface area contributed by atoms with E-state index in [0.29, 0.717) is 21.5 Å². The van der Waals surface area contributed by atoms with E-state index in [1.54, 1.807) is 18.2 Å². The Morgan fingerprint density at radius 3 is 2.87 bits per heavy atom. The fourth-order valence-electron chi connectivity index (χ4n) is 3.30. The smallest absolute Gasteiger partial charge is 0.227 e. The third-order valence-electron chi connectivity index (χ3n) is 4.52. The lowest BCUT2D eigenvalue weighted by molar-refractivity contribution is -0.255. The average molecular weight is 334 g/mol. The highest BCUT2D eigenvalue weighted by Gasteiger charge is 2.25. The third-order valence-corrected chi connectivity index (χ3v) is 4.76. The number of rotatable bonds is 3. The summed E-state index contributed by atoms with van der Waals surface area (Å²) in [6.07, 6.45) is 3.13. The summed E-state index contributed by atoms with van der Waals surface area (Å²) >= 11 is 6.02. The number of halogens is 1. The highest BCUT2D eigenvalue weighted by atomic mass is 35.5. The summed E-state index contributed by atoms with van der Waals surface area (Å²) in [4.78, 5) is 28.7. The van der Waals surface area contributed by atoms with Crippen LogP contribution in [0.5, 0.6) is 0 Å². The number of carboxylic acids is 1. The highest BCUT2D eigenvalue weighted by Crippen LogP contribution is 2.27. The van der Waals surface area contributed by atoms with E-state index in [0.717, 1.165) is 25.8 Å². The Hall–Kier alpha value is -2.01. The summed E-state index contributed by atoms with van der Waals surface area (Å²) in [7, 11) is 0. The lowest BCUT2D eigenvalue weighted by Gasteiger charge is -2.33. The Labute approximate surface area is 139 Å². The van der Waals surface area contributed by atoms with Gasteiger partial charge in [0.15, 0.2) is 0 Å². The van der Waals surface area contributed by atoms with Gasteiger partial charge in [0, 0.05) is 28.5 Å². The van der Waals surface area contributed by atoms with E-state index in [-0.39, 0.29) is 24.1 Å². The van der Waals surface area contributed by atoms with Gasteiger partial charge in [-0.3, -0.25) is 4.79 Å². The van der Waals surface area contributed by atoms with Gasteiger partial charge in [-0.15, -0.1) is 0 Å². The molecule has 3 rings (SSSR count). The third kappa shape index (κ3) is 3.06. The standard InChI is InChI=1S/C17H19ClN2O3/c1-10-4-2-3-7-20(10)15(21)9-13-12-8-11(18)5-6-14(12)19-16(13)17(22)23/h5-6,8,10,19H,2-4,7,9H2,1H3,(H,22,23)/p-1. The fraction of sp³-hybridized carbons (Fsp3) is 0.412. The van der Waals surface area contributed by atoms with Gasteiger partial charge in [0.25, 0.3) is 0 Å². The van der Waals surface area contributed by atoms with Gasteiger partial charge in [-0.1, -0.05) is 11.6 Å². The Morgan fingerprint density at radius 1 is 1.39 bits per heavy atom. The monoisotopic (exact) mass is 333 g/mol. The minimum Gasteiger partial charge on any atom is -0.543 e. The van der Waals surface area contributed by atoms with Gasteiger partial charge in [0.2, 0.25) is 5.91 Å². The Kier molecular flexibility index (Phi) is 4.31. The van der Waals surface area contributed by atoms with Crippen molar-refractivity contribution in [3.8, 4) is 0 Å². The maximum Gasteiger partial charge on any atom is 0.227 e. The van der Waals surface area contributed by atoms with E-state index in [9.17, 15) is 14.7 Å². The fourth-order valence-corrected chi connectivity index (χ4v) is 3.47. The number of hydrogen-bond acceptors (Lipinski definition) is 3. The number of carbonyl (C=O) groups is 2. The molecule has 1 amide bonds. The normalized spacial score (nSPS) is 18.3. The minimum absolute atomic E-state index is 0.0357. The molecule has 23 heavy (non-hydrogen) atoms. The number of likely N-dealkylation sites (tertiary alicyclic amines) is 1. The van der Waals surface area contributed by atoms with Crippen LogP contribution in [-0.2, 0) is 11.2 Å². The zero-order chi connectivity index (χ0) is 16.6. The molecule has 1 N–H and O–H groups in total. The van der Waals surface area contributed by atoms with Crippen LogP contribution in [0.1, 0.15) is 42.2 Å². The van der Waals surface area contributed by atoms with Gasteiger partial charge in [-0.25, -0.2) is 0 Å². The molecule has 0 bridgehead atoms. The molecule has 1 aliphatic heterocycles. The van der Waals surface area contributed by atoms with Crippen molar-refractivity contribution < 1.29 is 14.7 Å². The first-order valence-corrected chi connectivity index (χ1v) is 8.16. The second-order valence-electron chi connectivity index (χ2n) is 6.06. The number of aromatic carboxylic acids is 1. The molecule has 1 unspecified atom stereocenters. The van der Waals surface area contributed by atoms with Gasteiger partial charge < -0.3 is 19.8 Å². The van der Waals surface area contributed by atoms with Crippen molar-refractivity contribution in [1.29, 1.82) is 0 Å². The first-order valence-electron chi connectivity index (χ1n) is 7.78. The zero-order valence-electron chi connectivity index (χ0n) is 12.9. The molecule has 6 heteroatoms. The summed E-state index contributed by atoms with van der Waals surface area (Å²) in [6.45, 7) is 2.76. The topological polar surface area (TPSA) is 76.2 Å². The molecule has 1 aromatic carbocycles. The molecule has 122 valence electrons. The maximum atomic E-state index is 12.6. The van der Waals surface area contributed by atoms with Crippen molar-refractivity contribution in [3.05, 3.63) is 34.5 Å². The first kappa shape index (κ1) is 15.9. The number of hydrogen-bond donors (Lipinski definition) is 1. The van der Waals surface area contributed by atoms with Crippen molar-refractivity contribution in [2.45, 2.75) is 38.6 Å². The number of piperidine rings is 1. The molecule has 1 atom stereocenters. The van der Waals surface area contributed by atoms with Gasteiger partial charge in [-0.2, -0.15) is 0 Å². The van der Waals surface area contributed by atoms with Crippen molar-refractivity contribution in [3.63, 3.8) is 0 Å². The van der Waals surface area contributed by atoms with Gasteiger partial charge in [-0.05, 0) is 49.9 Å². The van der Waals surface area contributed by atoms with Gasteiger partial charge >= 0.3 is 0 Å². The van der Waals surface area contributed by atoms with E-state index in [2.05, 4.69) is 4.98 Å². The molecule has 2 aromatic rings. The number of carboxylic acid groups (broad SMARTS) is 1. The number of fused-ring (bicyclic) bond motifs is 1. The van der Waals surface area contributed by atoms with Crippen molar-refractivity contribution in [2.24, 2.45) is 0 Å². The summed E-state index contributed by atoms with van der Waals surface area (Å²) in [5, 5.41) is 12.6. The predicted octanol–water partition coefficient (Wildman–Crippen LogP) is 2.13. The van der Waals surface area contributed by atoms with Crippen LogP contribution >= 0.6 is 11.6 Å². The van der Waals surface area contributed by atoms with Crippen LogP contribution in [0.25, 0.3) is 10.9 Å². The molecule has 2 heterocycles. The molecule has 0 spiro atoms. The summed E-state index contributed by atoms with van der Waals surface area (Å²) in [5.74, 6) is -1.37. The summed E-state index contributed by atoms with van der Waals surface area (Å²) in [6, 6.07) is 5.26. The number of H-pyrrole nitrogens is 1. The molecular formula is C17H18ClN2O3-. The minimum atomic E-state index is -1.31. The average Bonchev–Trinajstić information content (AvgIpc) is 2.86. The number of aromatic nitrogens is 1. The van der Waals surface area contributed by atoms with Crippen LogP contribution in [0.3, 0.4) is 0 Å². The number of nitrogens with one attached hydrogen (secondary N) is 1. The largest absolute Gasteiger partial charge is 0.543 e. The molecule has 1 fully saturated rings. The van der Waals surface area contributed by atoms with Crippen LogP contribution < -0.4 is 5.11 Å². The van der Waals surface area contributed by atoms with Crippen LogP contribution in [-0.4, -0.2) is 34.3 Å². The second-order valence-corrected chi connectivity index (χ2v) is 6.50. The number of carbonyl (C=O) groups excluding carboxylic acids is 2. The first-order chi connectivity index (χ1) is 11.0. The van der Waals surface area contributed by atoms with Crippen molar-refractivity contribution in [1.82, 2.24) is 9.88 Å². The Bertz CT molecular complexity index is 769. The molecule has 1 aliphatic rings. The van der Waals surface area contributed by atoms with E-state index >= 15 is 0 Å². The SMILES string of the molecule is CC1CCCCN1C(=O)Cc1c(C(=O)[O-])[nH]c2ccc(Cl)cc12. The van der Waals surface area contributed by atoms with Gasteiger partial charge in [0.05, 0.1) is 18.1 Å². The quantitative estimate of drug-likeness (QED) is 0.934. The highest BCUT2D eigenvalue weighted by molar-refractivity contribution is 6.31. The number of nitrogens with zero attached hydrogens (tertiary/aromatic N) is 1. The lowest BCUT2D eigenvalue weighted by Crippen LogP contribution is -2.43. The van der Waals surface area contributed by atoms with Crippen LogP contribution in [0.15, 0.2) is 18.2 Å². The number of amides is 1. The van der Waals surface area contributed by atoms with E-state index in [1.165, 1.54) is 0 Å². The van der Waals surface area contributed by atoms with Crippen molar-refractivity contribution >= 4 is 34.4 Å². The number of benzene rings is 1. The van der Waals surface area contributed by atoms with Crippen LogP contribution in [0.4, 0.5) is 0 Å². The van der Waals surface area contributed by atoms with E-state index in [1.807, 2.05) is 11.8 Å². The molecule has 0 radical (unpaired) electrons. The molecule has 1 aromatic heterocycles. The molecule has 5 nitrogen and oxygen atoms in total. The Balaban J connectivity index is 1.97. The van der Waals surface area contributed by atoms with E-state index in [4.69, 9.17) is 11.6 Å². The molecule has 0 aliphatic carbocycles. The Morgan fingerprint density at radius 2 is 2.17 bits per heavy atom. The second kappa shape index (κ2) is 6.24. The molecular weight excluding hydrogens is 316 g/mol. The number of aromatic amines is 1. The predicted molar refractivity (Wildman–Crippen MR) is 86.4 cm³/mol. The van der Waals surface area contributed by atoms with E-state index < -0.39 is 5.97 Å². The maximum absolute atomic E-state index is 12.6. The summed E-state index contributed by atoms with van der Waals surface area (Å²) < 4.78 is 0.